The van der Waals surface area contributed by atoms with Crippen molar-refractivity contribution < 1.29 is 9.53 Å². The van der Waals surface area contributed by atoms with Crippen LogP contribution in [0.4, 0.5) is 5.82 Å². The molecule has 1 amide bonds. The molecule has 0 saturated carbocycles. The number of fused-ring (bicyclic) bond motifs is 1. The fraction of sp³-hybridized carbons (Fsp3) is 0.261. The molecule has 2 heterocycles. The first-order chi connectivity index (χ1) is 15.1. The zero-order valence-corrected chi connectivity index (χ0v) is 18.6. The first-order valence-corrected chi connectivity index (χ1v) is 11.4. The average molecular weight is 456 g/mol. The van der Waals surface area contributed by atoms with Crippen molar-refractivity contribution in [2.24, 2.45) is 0 Å². The minimum Gasteiger partial charge on any atom is -0.493 e. The Balaban J connectivity index is 1.67. The second kappa shape index (κ2) is 9.58. The molecule has 1 aromatic heterocycles. The van der Waals surface area contributed by atoms with Crippen molar-refractivity contribution in [3.05, 3.63) is 80.6 Å². The van der Waals surface area contributed by atoms with Crippen LogP contribution in [0.25, 0.3) is 0 Å². The third-order valence-electron chi connectivity index (χ3n) is 5.01. The molecule has 0 radical (unpaired) electrons. The molecule has 0 bridgehead atoms. The van der Waals surface area contributed by atoms with Crippen LogP contribution in [-0.4, -0.2) is 22.5 Å². The molecule has 6 nitrogen and oxygen atoms in total. The van der Waals surface area contributed by atoms with Gasteiger partial charge in [0.1, 0.15) is 11.6 Å². The van der Waals surface area contributed by atoms with Gasteiger partial charge < -0.3 is 15.0 Å². The number of aromatic nitrogens is 2. The number of carbonyl (C=O) groups is 1. The summed E-state index contributed by atoms with van der Waals surface area (Å²) in [6.07, 6.45) is 1.03. The highest BCUT2D eigenvalue weighted by Gasteiger charge is 2.32. The van der Waals surface area contributed by atoms with E-state index in [0.717, 1.165) is 17.5 Å². The second-order valence-electron chi connectivity index (χ2n) is 7.20. The lowest BCUT2D eigenvalue weighted by Gasteiger charge is -2.26. The normalized spacial score (nSPS) is 15.3. The molecule has 8 heteroatoms. The Hall–Kier alpha value is -2.77. The highest BCUT2D eigenvalue weighted by molar-refractivity contribution is 7.98. The van der Waals surface area contributed by atoms with E-state index in [1.54, 1.807) is 0 Å². The number of hydrogen-bond acceptors (Lipinski definition) is 5. The first-order valence-electron chi connectivity index (χ1n) is 10.1. The topological polar surface area (TPSA) is 84.1 Å². The number of nitrogens with zero attached hydrogens (tertiary/aromatic N) is 1. The lowest BCUT2D eigenvalue weighted by Crippen LogP contribution is -2.31. The summed E-state index contributed by atoms with van der Waals surface area (Å²) in [5, 5.41) is 3.85. The van der Waals surface area contributed by atoms with E-state index in [0.29, 0.717) is 39.7 Å². The maximum Gasteiger partial charge on any atom is 0.257 e. The second-order valence-corrected chi connectivity index (χ2v) is 8.58. The minimum atomic E-state index is -0.421. The molecule has 1 unspecified atom stereocenters. The van der Waals surface area contributed by atoms with Crippen LogP contribution in [-0.2, 0) is 10.5 Å². The third kappa shape index (κ3) is 4.78. The van der Waals surface area contributed by atoms with Crippen LogP contribution in [0.3, 0.4) is 0 Å². The summed E-state index contributed by atoms with van der Waals surface area (Å²) in [6.45, 7) is 2.59. The fourth-order valence-corrected chi connectivity index (χ4v) is 4.70. The average Bonchev–Trinajstić information content (AvgIpc) is 2.76. The largest absolute Gasteiger partial charge is 0.493 e. The lowest BCUT2D eigenvalue weighted by atomic mass is 9.86. The van der Waals surface area contributed by atoms with Crippen molar-refractivity contribution in [3.63, 3.8) is 0 Å². The van der Waals surface area contributed by atoms with E-state index in [1.165, 1.54) is 11.8 Å². The summed E-state index contributed by atoms with van der Waals surface area (Å²) in [6, 6.07) is 15.1. The Bertz CT molecular complexity index is 1160. The van der Waals surface area contributed by atoms with E-state index >= 15 is 0 Å². The highest BCUT2D eigenvalue weighted by atomic mass is 35.5. The van der Waals surface area contributed by atoms with Gasteiger partial charge in [-0.2, -0.15) is 0 Å². The molecule has 1 aliphatic rings. The number of aromatic amines is 1. The number of nitrogens with one attached hydrogen (secondary N) is 2. The van der Waals surface area contributed by atoms with Gasteiger partial charge in [-0.15, -0.1) is 0 Å². The molecule has 1 atom stereocenters. The molecule has 0 saturated heterocycles. The van der Waals surface area contributed by atoms with Gasteiger partial charge in [0.25, 0.3) is 5.56 Å². The number of rotatable bonds is 7. The van der Waals surface area contributed by atoms with Gasteiger partial charge in [0.05, 0.1) is 12.2 Å². The maximum atomic E-state index is 13.1. The van der Waals surface area contributed by atoms with Crippen LogP contribution in [0.2, 0.25) is 5.02 Å². The molecule has 2 N–H and O–H groups in total. The summed E-state index contributed by atoms with van der Waals surface area (Å²) in [4.78, 5) is 32.9. The van der Waals surface area contributed by atoms with E-state index in [2.05, 4.69) is 15.3 Å². The van der Waals surface area contributed by atoms with Gasteiger partial charge in [0.15, 0.2) is 5.16 Å². The molecule has 160 valence electrons. The summed E-state index contributed by atoms with van der Waals surface area (Å²) < 4.78 is 5.87. The van der Waals surface area contributed by atoms with E-state index < -0.39 is 5.92 Å². The highest BCUT2D eigenvalue weighted by Crippen LogP contribution is 2.38. The number of hydrogen-bond donors (Lipinski definition) is 2. The van der Waals surface area contributed by atoms with Crippen LogP contribution in [0.1, 0.15) is 42.4 Å². The smallest absolute Gasteiger partial charge is 0.257 e. The third-order valence-corrected chi connectivity index (χ3v) is 6.30. The molecule has 2 aromatic carbocycles. The van der Waals surface area contributed by atoms with Crippen LogP contribution < -0.4 is 15.6 Å². The van der Waals surface area contributed by atoms with Crippen molar-refractivity contribution in [1.82, 2.24) is 9.97 Å². The number of thioether (sulfide) groups is 1. The van der Waals surface area contributed by atoms with E-state index in [-0.39, 0.29) is 17.9 Å². The molecule has 0 fully saturated rings. The zero-order valence-electron chi connectivity index (χ0n) is 17.0. The van der Waals surface area contributed by atoms with Crippen LogP contribution in [0.15, 0.2) is 58.5 Å². The molecule has 4 rings (SSSR count). The quantitative estimate of drug-likeness (QED) is 0.387. The van der Waals surface area contributed by atoms with Gasteiger partial charge in [-0.05, 0) is 24.1 Å². The Morgan fingerprint density at radius 1 is 1.16 bits per heavy atom. The summed E-state index contributed by atoms with van der Waals surface area (Å²) in [5.41, 5.74) is 1.95. The molecule has 0 spiro atoms. The van der Waals surface area contributed by atoms with Crippen molar-refractivity contribution in [1.29, 1.82) is 0 Å². The van der Waals surface area contributed by atoms with Crippen LogP contribution in [0.5, 0.6) is 5.75 Å². The predicted molar refractivity (Wildman–Crippen MR) is 123 cm³/mol. The van der Waals surface area contributed by atoms with Gasteiger partial charge in [-0.1, -0.05) is 66.7 Å². The monoisotopic (exact) mass is 455 g/mol. The molecular formula is C23H22ClN3O3S. The molecule has 3 aromatic rings. The number of carbonyl (C=O) groups excluding carboxylic acids is 1. The Labute approximate surface area is 189 Å². The number of para-hydroxylation sites is 1. The summed E-state index contributed by atoms with van der Waals surface area (Å²) >= 11 is 7.58. The summed E-state index contributed by atoms with van der Waals surface area (Å²) in [5.74, 6) is 0.939. The van der Waals surface area contributed by atoms with E-state index in [1.807, 2.05) is 55.5 Å². The maximum absolute atomic E-state index is 13.1. The number of benzene rings is 2. The first kappa shape index (κ1) is 21.5. The molecule has 31 heavy (non-hydrogen) atoms. The lowest BCUT2D eigenvalue weighted by molar-refractivity contribution is -0.116. The Kier molecular flexibility index (Phi) is 6.63. The number of anilines is 1. The predicted octanol–water partition coefficient (Wildman–Crippen LogP) is 4.98. The van der Waals surface area contributed by atoms with Gasteiger partial charge in [-0.3, -0.25) is 9.59 Å². The van der Waals surface area contributed by atoms with Crippen molar-refractivity contribution in [2.45, 2.75) is 36.6 Å². The molecule has 0 aliphatic carbocycles. The van der Waals surface area contributed by atoms with Gasteiger partial charge in [0.2, 0.25) is 5.91 Å². The molecule has 1 aliphatic heterocycles. The van der Waals surface area contributed by atoms with Crippen LogP contribution in [0, 0.1) is 0 Å². The molecular weight excluding hydrogens is 434 g/mol. The van der Waals surface area contributed by atoms with Gasteiger partial charge in [-0.25, -0.2) is 4.98 Å². The van der Waals surface area contributed by atoms with E-state index in [9.17, 15) is 9.59 Å². The summed E-state index contributed by atoms with van der Waals surface area (Å²) in [7, 11) is 0. The number of ether oxygens (including phenoxy) is 1. The van der Waals surface area contributed by atoms with Gasteiger partial charge in [0, 0.05) is 28.7 Å². The van der Waals surface area contributed by atoms with Crippen molar-refractivity contribution >= 4 is 35.1 Å². The van der Waals surface area contributed by atoms with Crippen LogP contribution >= 0.6 is 23.4 Å². The number of amides is 1. The van der Waals surface area contributed by atoms with E-state index in [4.69, 9.17) is 16.3 Å². The van der Waals surface area contributed by atoms with Crippen molar-refractivity contribution in [2.75, 3.05) is 11.9 Å². The zero-order chi connectivity index (χ0) is 21.8. The standard InChI is InChI=1S/C23H22ClN3O3S/c1-2-11-30-18-10-6-4-8-15(18)16-12-19(28)25-21-20(16)22(29)27-23(26-21)31-13-14-7-3-5-9-17(14)24/h3-10,16H,2,11-13H2,1H3,(H2,25,26,27,28,29). The Morgan fingerprint density at radius 2 is 1.94 bits per heavy atom. The fourth-order valence-electron chi connectivity index (χ4n) is 3.56. The number of halogens is 1. The minimum absolute atomic E-state index is 0.163. The van der Waals surface area contributed by atoms with Gasteiger partial charge >= 0.3 is 0 Å². The SMILES string of the molecule is CCCOc1ccccc1C1CC(=O)Nc2nc(SCc3ccccc3Cl)[nH]c(=O)c21. The number of H-pyrrole nitrogens is 1. The van der Waals surface area contributed by atoms with Crippen molar-refractivity contribution in [3.8, 4) is 5.75 Å². The Morgan fingerprint density at radius 3 is 2.74 bits per heavy atom.